The number of hydrogen-bond donors (Lipinski definition) is 0. The van der Waals surface area contributed by atoms with Crippen LogP contribution >= 0.6 is 0 Å². The lowest BCUT2D eigenvalue weighted by atomic mass is 10.1. The monoisotopic (exact) mass is 126 g/mol. The zero-order valence-corrected chi connectivity index (χ0v) is 6.78. The normalized spacial score (nSPS) is 39.8. The largest absolute Gasteiger partial charge is 0.0653 e. The second-order valence-electron chi connectivity index (χ2n) is 2.99. The molecule has 1 heteroatoms. The van der Waals surface area contributed by atoms with Crippen molar-refractivity contribution in [2.24, 2.45) is 5.92 Å². The van der Waals surface area contributed by atoms with Crippen LogP contribution in [-0.4, -0.2) is 9.52 Å². The van der Waals surface area contributed by atoms with Gasteiger partial charge in [0.15, 0.2) is 0 Å². The Hall–Kier alpha value is 0.217. The fourth-order valence-corrected chi connectivity index (χ4v) is 2.52. The van der Waals surface area contributed by atoms with E-state index in [0.29, 0.717) is 0 Å². The molecule has 0 N–H and O–H groups in total. The third-order valence-electron chi connectivity index (χ3n) is 1.91. The summed E-state index contributed by atoms with van der Waals surface area (Å²) in [4.78, 5) is 0. The molecule has 0 nitrogen and oxygen atoms in total. The summed E-state index contributed by atoms with van der Waals surface area (Å²) in [5.41, 5.74) is 1.05. The maximum atomic E-state index is 2.38. The van der Waals surface area contributed by atoms with Crippen molar-refractivity contribution in [3.8, 4) is 0 Å². The first-order valence-electron chi connectivity index (χ1n) is 3.52. The summed E-state index contributed by atoms with van der Waals surface area (Å²) in [6.07, 6.45) is 2.97. The summed E-state index contributed by atoms with van der Waals surface area (Å²) >= 11 is 0. The SMILES string of the molecule is CC1CCC(C)[Si]C1. The zero-order valence-electron chi connectivity index (χ0n) is 5.78. The average Bonchev–Trinajstić information content (AvgIpc) is 1.77. The van der Waals surface area contributed by atoms with E-state index in [1.165, 1.54) is 28.4 Å². The molecule has 0 amide bonds. The molecule has 2 atom stereocenters. The van der Waals surface area contributed by atoms with Crippen LogP contribution in [0.25, 0.3) is 0 Å². The molecule has 1 saturated heterocycles. The minimum Gasteiger partial charge on any atom is -0.0653 e. The fourth-order valence-electron chi connectivity index (χ4n) is 1.14. The minimum absolute atomic E-state index is 1.03. The summed E-state index contributed by atoms with van der Waals surface area (Å²) < 4.78 is 0. The van der Waals surface area contributed by atoms with Crippen molar-refractivity contribution < 1.29 is 0 Å². The summed E-state index contributed by atoms with van der Waals surface area (Å²) in [6.45, 7) is 4.75. The summed E-state index contributed by atoms with van der Waals surface area (Å²) in [5, 5.41) is 0. The molecule has 8 heavy (non-hydrogen) atoms. The second-order valence-corrected chi connectivity index (χ2v) is 4.79. The molecule has 1 heterocycles. The van der Waals surface area contributed by atoms with Crippen LogP contribution in [0, 0.1) is 5.92 Å². The van der Waals surface area contributed by atoms with Gasteiger partial charge in [0.2, 0.25) is 0 Å². The lowest BCUT2D eigenvalue weighted by Gasteiger charge is -2.21. The van der Waals surface area contributed by atoms with Crippen molar-refractivity contribution in [3.63, 3.8) is 0 Å². The van der Waals surface area contributed by atoms with Crippen molar-refractivity contribution in [1.29, 1.82) is 0 Å². The van der Waals surface area contributed by atoms with Crippen LogP contribution in [0.2, 0.25) is 11.6 Å². The van der Waals surface area contributed by atoms with Gasteiger partial charge < -0.3 is 0 Å². The van der Waals surface area contributed by atoms with E-state index in [-0.39, 0.29) is 0 Å². The van der Waals surface area contributed by atoms with E-state index in [1.54, 1.807) is 0 Å². The van der Waals surface area contributed by atoms with E-state index < -0.39 is 0 Å². The van der Waals surface area contributed by atoms with Crippen LogP contribution in [0.4, 0.5) is 0 Å². The van der Waals surface area contributed by atoms with Crippen molar-refractivity contribution in [2.45, 2.75) is 38.3 Å². The van der Waals surface area contributed by atoms with E-state index in [2.05, 4.69) is 13.8 Å². The van der Waals surface area contributed by atoms with Crippen molar-refractivity contribution in [3.05, 3.63) is 0 Å². The van der Waals surface area contributed by atoms with Gasteiger partial charge in [-0.3, -0.25) is 0 Å². The second kappa shape index (κ2) is 2.67. The molecular weight excluding hydrogens is 112 g/mol. The molecule has 0 aliphatic carbocycles. The zero-order chi connectivity index (χ0) is 5.98. The predicted molar refractivity (Wildman–Crippen MR) is 38.4 cm³/mol. The fraction of sp³-hybridized carbons (Fsp3) is 1.00. The van der Waals surface area contributed by atoms with E-state index in [9.17, 15) is 0 Å². The third-order valence-corrected chi connectivity index (χ3v) is 3.83. The van der Waals surface area contributed by atoms with Crippen LogP contribution in [0.3, 0.4) is 0 Å². The molecule has 2 unspecified atom stereocenters. The standard InChI is InChI=1S/C7H14Si/c1-6-3-4-7(2)8-5-6/h6-7H,3-5H2,1-2H3. The Labute approximate surface area is 54.5 Å². The highest BCUT2D eigenvalue weighted by Crippen LogP contribution is 2.26. The molecular formula is C7H14Si. The van der Waals surface area contributed by atoms with Crippen molar-refractivity contribution in [1.82, 2.24) is 0 Å². The van der Waals surface area contributed by atoms with Crippen molar-refractivity contribution in [2.75, 3.05) is 0 Å². The lowest BCUT2D eigenvalue weighted by molar-refractivity contribution is 0.516. The Bertz CT molecular complexity index is 52.8. The van der Waals surface area contributed by atoms with E-state index in [4.69, 9.17) is 0 Å². The summed E-state index contributed by atoms with van der Waals surface area (Å²) in [6, 6.07) is 1.50. The van der Waals surface area contributed by atoms with Crippen LogP contribution in [0.1, 0.15) is 26.7 Å². The van der Waals surface area contributed by atoms with Gasteiger partial charge >= 0.3 is 0 Å². The van der Waals surface area contributed by atoms with Gasteiger partial charge in [0, 0.05) is 9.52 Å². The summed E-state index contributed by atoms with van der Waals surface area (Å²) in [7, 11) is 1.26. The topological polar surface area (TPSA) is 0 Å². The molecule has 1 aliphatic rings. The number of rotatable bonds is 0. The van der Waals surface area contributed by atoms with Gasteiger partial charge in [-0.15, -0.1) is 0 Å². The molecule has 0 saturated carbocycles. The van der Waals surface area contributed by atoms with Gasteiger partial charge in [-0.05, 0) is 5.92 Å². The lowest BCUT2D eigenvalue weighted by Crippen LogP contribution is -2.12. The molecule has 1 rings (SSSR count). The van der Waals surface area contributed by atoms with Crippen LogP contribution in [-0.2, 0) is 0 Å². The van der Waals surface area contributed by atoms with Crippen LogP contribution in [0.5, 0.6) is 0 Å². The van der Waals surface area contributed by atoms with Gasteiger partial charge in [-0.2, -0.15) is 0 Å². The molecule has 46 valence electrons. The molecule has 1 aliphatic heterocycles. The third kappa shape index (κ3) is 1.62. The van der Waals surface area contributed by atoms with Gasteiger partial charge in [0.05, 0.1) is 0 Å². The first-order chi connectivity index (χ1) is 3.79. The Morgan fingerprint density at radius 3 is 2.38 bits per heavy atom. The Kier molecular flexibility index (Phi) is 2.12. The highest BCUT2D eigenvalue weighted by Gasteiger charge is 2.13. The molecule has 1 fully saturated rings. The van der Waals surface area contributed by atoms with Gasteiger partial charge in [0.1, 0.15) is 0 Å². The average molecular weight is 126 g/mol. The van der Waals surface area contributed by atoms with Gasteiger partial charge in [0.25, 0.3) is 0 Å². The minimum atomic E-state index is 1.03. The van der Waals surface area contributed by atoms with Crippen LogP contribution < -0.4 is 0 Å². The van der Waals surface area contributed by atoms with E-state index in [1.807, 2.05) is 0 Å². The van der Waals surface area contributed by atoms with Gasteiger partial charge in [-0.25, -0.2) is 0 Å². The predicted octanol–water partition coefficient (Wildman–Crippen LogP) is 2.35. The molecule has 0 spiro atoms. The Balaban J connectivity index is 2.19. The first kappa shape index (κ1) is 6.34. The molecule has 0 aromatic rings. The molecule has 0 aromatic carbocycles. The quantitative estimate of drug-likeness (QED) is 0.437. The van der Waals surface area contributed by atoms with Crippen LogP contribution in [0.15, 0.2) is 0 Å². The molecule has 0 aromatic heterocycles. The van der Waals surface area contributed by atoms with Gasteiger partial charge in [-0.1, -0.05) is 38.3 Å². The molecule has 0 bridgehead atoms. The first-order valence-corrected chi connectivity index (χ1v) is 4.81. The smallest absolute Gasteiger partial charge is 0.0413 e. The highest BCUT2D eigenvalue weighted by atomic mass is 28.2. The maximum absolute atomic E-state index is 2.38. The summed E-state index contributed by atoms with van der Waals surface area (Å²) in [5.74, 6) is 1.03. The Morgan fingerprint density at radius 2 is 2.00 bits per heavy atom. The van der Waals surface area contributed by atoms with E-state index >= 15 is 0 Å². The van der Waals surface area contributed by atoms with Crippen molar-refractivity contribution >= 4 is 9.52 Å². The number of hydrogen-bond acceptors (Lipinski definition) is 0. The maximum Gasteiger partial charge on any atom is 0.0413 e. The van der Waals surface area contributed by atoms with E-state index in [0.717, 1.165) is 11.5 Å². The Morgan fingerprint density at radius 1 is 1.25 bits per heavy atom. The highest BCUT2D eigenvalue weighted by molar-refractivity contribution is 6.37. The molecule has 2 radical (unpaired) electrons.